The highest BCUT2D eigenvalue weighted by Gasteiger charge is 2.42. The summed E-state index contributed by atoms with van der Waals surface area (Å²) in [7, 11) is 0. The van der Waals surface area contributed by atoms with E-state index in [-0.39, 0.29) is 11.6 Å². The first kappa shape index (κ1) is 15.0. The van der Waals surface area contributed by atoms with Gasteiger partial charge in [0, 0.05) is 22.7 Å². The lowest BCUT2D eigenvalue weighted by molar-refractivity contribution is -0.141. The zero-order valence-electron chi connectivity index (χ0n) is 12.6. The van der Waals surface area contributed by atoms with Crippen molar-refractivity contribution in [2.45, 2.75) is 37.6 Å². The Hall–Kier alpha value is -1.89. The van der Waals surface area contributed by atoms with Crippen LogP contribution >= 0.6 is 0 Å². The molecule has 2 heterocycles. The number of hydrogen-bond donors (Lipinski definition) is 3. The van der Waals surface area contributed by atoms with Crippen LogP contribution in [0.4, 0.5) is 0 Å². The summed E-state index contributed by atoms with van der Waals surface area (Å²) in [5, 5.41) is 20.2. The van der Waals surface area contributed by atoms with Crippen molar-refractivity contribution in [3.8, 4) is 0 Å². The summed E-state index contributed by atoms with van der Waals surface area (Å²) in [6.45, 7) is 4.82. The zero-order chi connectivity index (χ0) is 16.1. The first-order chi connectivity index (χ1) is 10.3. The summed E-state index contributed by atoms with van der Waals surface area (Å²) in [5.74, 6) is -1.23. The lowest BCUT2D eigenvalue weighted by Crippen LogP contribution is -2.36. The van der Waals surface area contributed by atoms with Crippen molar-refractivity contribution in [1.82, 2.24) is 4.57 Å². The Bertz CT molecular complexity index is 718. The van der Waals surface area contributed by atoms with Gasteiger partial charge in [0.15, 0.2) is 0 Å². The van der Waals surface area contributed by atoms with Crippen LogP contribution in [0, 0.1) is 0 Å². The van der Waals surface area contributed by atoms with Crippen LogP contribution in [0.2, 0.25) is 0 Å². The number of aliphatic carboxylic acids is 1. The molecular weight excluding hydrogens is 284 g/mol. The van der Waals surface area contributed by atoms with E-state index in [1.807, 2.05) is 28.8 Å². The van der Waals surface area contributed by atoms with E-state index in [9.17, 15) is 9.90 Å². The Morgan fingerprint density at radius 2 is 2.09 bits per heavy atom. The van der Waals surface area contributed by atoms with Crippen LogP contribution in [0.15, 0.2) is 30.5 Å². The van der Waals surface area contributed by atoms with Crippen molar-refractivity contribution in [2.75, 3.05) is 6.61 Å². The second-order valence-corrected chi connectivity index (χ2v) is 6.26. The average molecular weight is 304 g/mol. The molecule has 1 aliphatic heterocycles. The van der Waals surface area contributed by atoms with Crippen LogP contribution in [0.3, 0.4) is 0 Å². The van der Waals surface area contributed by atoms with E-state index in [1.54, 1.807) is 6.20 Å². The van der Waals surface area contributed by atoms with Gasteiger partial charge in [-0.3, -0.25) is 4.79 Å². The van der Waals surface area contributed by atoms with Gasteiger partial charge in [0.2, 0.25) is 0 Å². The number of carboxylic acids is 1. The molecule has 6 nitrogen and oxygen atoms in total. The molecule has 3 rings (SSSR count). The molecule has 6 heteroatoms. The van der Waals surface area contributed by atoms with Gasteiger partial charge < -0.3 is 25.3 Å². The van der Waals surface area contributed by atoms with Crippen LogP contribution < -0.4 is 5.73 Å². The van der Waals surface area contributed by atoms with Crippen molar-refractivity contribution >= 4 is 16.9 Å². The number of carboxylic acid groups (broad SMARTS) is 1. The van der Waals surface area contributed by atoms with Gasteiger partial charge in [-0.2, -0.15) is 0 Å². The zero-order valence-corrected chi connectivity index (χ0v) is 12.6. The predicted molar refractivity (Wildman–Crippen MR) is 81.6 cm³/mol. The van der Waals surface area contributed by atoms with Gasteiger partial charge in [-0.25, -0.2) is 0 Å². The highest BCUT2D eigenvalue weighted by atomic mass is 16.6. The Balaban J connectivity index is 2.14. The number of para-hydroxylation sites is 1. The minimum atomic E-state index is -1.36. The van der Waals surface area contributed by atoms with Crippen molar-refractivity contribution in [3.63, 3.8) is 0 Å². The van der Waals surface area contributed by atoms with Crippen molar-refractivity contribution in [2.24, 2.45) is 5.73 Å². The maximum atomic E-state index is 11.1. The molecule has 118 valence electrons. The number of aromatic nitrogens is 1. The second-order valence-electron chi connectivity index (χ2n) is 6.26. The molecule has 0 aliphatic carbocycles. The minimum Gasteiger partial charge on any atom is -0.480 e. The van der Waals surface area contributed by atoms with E-state index in [4.69, 9.17) is 15.6 Å². The Kier molecular flexibility index (Phi) is 3.47. The van der Waals surface area contributed by atoms with Crippen LogP contribution in [0.1, 0.15) is 25.5 Å². The SMILES string of the molecule is CC(C)([C@@H]1CO1)n1cc([C@@H](O)[C@H](N)C(=O)O)c2ccccc21. The highest BCUT2D eigenvalue weighted by Crippen LogP contribution is 2.37. The normalized spacial score (nSPS) is 20.8. The highest BCUT2D eigenvalue weighted by molar-refractivity contribution is 5.86. The summed E-state index contributed by atoms with van der Waals surface area (Å²) in [6.07, 6.45) is 0.640. The van der Waals surface area contributed by atoms with E-state index in [1.165, 1.54) is 0 Å². The van der Waals surface area contributed by atoms with Gasteiger partial charge in [0.1, 0.15) is 18.2 Å². The van der Waals surface area contributed by atoms with E-state index in [0.717, 1.165) is 10.9 Å². The lowest BCUT2D eigenvalue weighted by Gasteiger charge is -2.26. The van der Waals surface area contributed by atoms with E-state index in [2.05, 4.69) is 13.8 Å². The standard InChI is InChI=1S/C16H20N2O4/c1-16(2,12-8-22-12)18-7-10(14(19)13(17)15(20)21)9-5-3-4-6-11(9)18/h3-7,12-14,19H,8,17H2,1-2H3,(H,20,21)/t12-,13-,14+/m0/s1. The number of benzene rings is 1. The van der Waals surface area contributed by atoms with Crippen molar-refractivity contribution < 1.29 is 19.7 Å². The van der Waals surface area contributed by atoms with Gasteiger partial charge in [-0.05, 0) is 19.9 Å². The van der Waals surface area contributed by atoms with Crippen LogP contribution in [0.5, 0.6) is 0 Å². The number of nitrogens with two attached hydrogens (primary N) is 1. The van der Waals surface area contributed by atoms with Crippen molar-refractivity contribution in [1.29, 1.82) is 0 Å². The van der Waals surface area contributed by atoms with Crippen molar-refractivity contribution in [3.05, 3.63) is 36.0 Å². The number of rotatable bonds is 5. The summed E-state index contributed by atoms with van der Waals surface area (Å²) in [4.78, 5) is 11.1. The molecule has 0 radical (unpaired) electrons. The summed E-state index contributed by atoms with van der Waals surface area (Å²) >= 11 is 0. The first-order valence-corrected chi connectivity index (χ1v) is 7.22. The molecule has 1 aromatic carbocycles. The van der Waals surface area contributed by atoms with E-state index in [0.29, 0.717) is 12.2 Å². The monoisotopic (exact) mass is 304 g/mol. The Morgan fingerprint density at radius 3 is 2.68 bits per heavy atom. The molecule has 1 aliphatic rings. The van der Waals surface area contributed by atoms with Gasteiger partial charge in [-0.15, -0.1) is 0 Å². The van der Waals surface area contributed by atoms with Crippen LogP contribution in [-0.2, 0) is 15.1 Å². The topological polar surface area (TPSA) is 101 Å². The largest absolute Gasteiger partial charge is 0.480 e. The molecule has 0 bridgehead atoms. The lowest BCUT2D eigenvalue weighted by atomic mass is 10.0. The van der Waals surface area contributed by atoms with Gasteiger partial charge in [-0.1, -0.05) is 18.2 Å². The average Bonchev–Trinajstić information content (AvgIpc) is 3.27. The number of nitrogens with zero attached hydrogens (tertiary/aromatic N) is 1. The quantitative estimate of drug-likeness (QED) is 0.721. The van der Waals surface area contributed by atoms with Gasteiger partial charge in [0.05, 0.1) is 12.1 Å². The third-order valence-electron chi connectivity index (χ3n) is 4.43. The molecule has 4 N–H and O–H groups in total. The smallest absolute Gasteiger partial charge is 0.323 e. The first-order valence-electron chi connectivity index (χ1n) is 7.22. The summed E-state index contributed by atoms with van der Waals surface area (Å²) in [6, 6.07) is 6.22. The molecule has 0 spiro atoms. The van der Waals surface area contributed by atoms with Gasteiger partial charge in [0.25, 0.3) is 0 Å². The maximum Gasteiger partial charge on any atom is 0.323 e. The number of aliphatic hydroxyl groups excluding tert-OH is 1. The maximum absolute atomic E-state index is 11.1. The summed E-state index contributed by atoms with van der Waals surface area (Å²) in [5.41, 5.74) is 6.76. The number of carbonyl (C=O) groups is 1. The number of hydrogen-bond acceptors (Lipinski definition) is 4. The molecule has 0 saturated carbocycles. The minimum absolute atomic E-state index is 0.112. The number of fused-ring (bicyclic) bond motifs is 1. The van der Waals surface area contributed by atoms with E-state index < -0.39 is 18.1 Å². The molecule has 22 heavy (non-hydrogen) atoms. The van der Waals surface area contributed by atoms with Gasteiger partial charge >= 0.3 is 5.97 Å². The molecule has 3 atom stereocenters. The Labute approximate surface area is 128 Å². The fourth-order valence-corrected chi connectivity index (χ4v) is 2.86. The second kappa shape index (κ2) is 5.08. The molecular formula is C16H20N2O4. The summed E-state index contributed by atoms with van der Waals surface area (Å²) < 4.78 is 7.46. The molecule has 0 unspecified atom stereocenters. The van der Waals surface area contributed by atoms with Crippen LogP contribution in [-0.4, -0.2) is 39.5 Å². The molecule has 1 saturated heterocycles. The number of epoxide rings is 1. The van der Waals surface area contributed by atoms with E-state index >= 15 is 0 Å². The molecule has 2 aromatic rings. The third kappa shape index (κ3) is 2.29. The number of ether oxygens (including phenoxy) is 1. The Morgan fingerprint density at radius 1 is 1.45 bits per heavy atom. The molecule has 0 amide bonds. The molecule has 1 aromatic heterocycles. The third-order valence-corrected chi connectivity index (χ3v) is 4.43. The molecule has 1 fully saturated rings. The fourth-order valence-electron chi connectivity index (χ4n) is 2.86. The fraction of sp³-hybridized carbons (Fsp3) is 0.438. The number of aliphatic hydroxyl groups is 1. The van der Waals surface area contributed by atoms with Crippen LogP contribution in [0.25, 0.3) is 10.9 Å². The predicted octanol–water partition coefficient (Wildman–Crippen LogP) is 1.22.